The zero-order valence-electron chi connectivity index (χ0n) is 25.4. The number of alkyl halides is 3. The van der Waals surface area contributed by atoms with E-state index < -0.39 is 41.2 Å². The van der Waals surface area contributed by atoms with Crippen molar-refractivity contribution in [3.05, 3.63) is 46.4 Å². The molecule has 246 valence electrons. The number of allylic oxidation sites excluding steroid dienone is 1. The van der Waals surface area contributed by atoms with E-state index in [1.165, 1.54) is 10.3 Å². The van der Waals surface area contributed by atoms with Crippen LogP contribution in [0.1, 0.15) is 55.2 Å². The van der Waals surface area contributed by atoms with E-state index in [1.54, 1.807) is 17.5 Å². The number of halogens is 3. The number of rotatable bonds is 10. The van der Waals surface area contributed by atoms with Gasteiger partial charge in [0.05, 0.1) is 18.7 Å². The topological polar surface area (TPSA) is 144 Å². The Hall–Kier alpha value is -2.62. The number of aliphatic hydroxyl groups excluding tert-OH is 1. The number of anilines is 1. The molecule has 1 aliphatic carbocycles. The number of carbonyl (C=O) groups excluding carboxylic acids is 1. The SMILES string of the molecule is COCCN(C(N)=O)c1cc(C)c(/C=C/S(O)(O)N2CCC3(CC2)NC(C2C=CC(CCC(F)(F)F)CC2)=NC3O)c(C)c1. The lowest BCUT2D eigenvalue weighted by molar-refractivity contribution is -0.137. The lowest BCUT2D eigenvalue weighted by Crippen LogP contribution is -2.57. The summed E-state index contributed by atoms with van der Waals surface area (Å²) in [7, 11) is -1.73. The van der Waals surface area contributed by atoms with E-state index in [-0.39, 0.29) is 18.3 Å². The predicted molar refractivity (Wildman–Crippen MR) is 167 cm³/mol. The summed E-state index contributed by atoms with van der Waals surface area (Å²) < 4.78 is 66.6. The standard InChI is InChI=1S/C30H44F3N5O5S/c1-20-18-24(38(28(34)40)15-16-43-3)19-21(2)25(20)9-17-44(41,42)37-13-11-29(12-14-37)27(39)35-26(36-29)23-6-4-22(5-7-23)8-10-30(31,32)33/h4,6,9,17-19,22-23,27,39,41-42H,5,7-8,10-16H2,1-3H3,(H2,34,40)(H,35,36)/b17-9+. The van der Waals surface area contributed by atoms with Crippen LogP contribution >= 0.6 is 10.8 Å². The number of piperidine rings is 1. The molecule has 0 bridgehead atoms. The van der Waals surface area contributed by atoms with Crippen LogP contribution < -0.4 is 16.0 Å². The number of aliphatic imine (C=N–C) groups is 1. The van der Waals surface area contributed by atoms with Gasteiger partial charge in [0, 0.05) is 43.6 Å². The van der Waals surface area contributed by atoms with Crippen molar-refractivity contribution in [2.24, 2.45) is 22.6 Å². The van der Waals surface area contributed by atoms with Crippen molar-refractivity contribution in [1.82, 2.24) is 9.62 Å². The largest absolute Gasteiger partial charge is 0.389 e. The first-order chi connectivity index (χ1) is 20.6. The van der Waals surface area contributed by atoms with Crippen LogP contribution in [-0.4, -0.2) is 81.7 Å². The molecule has 1 fully saturated rings. The first-order valence-electron chi connectivity index (χ1n) is 14.8. The molecule has 3 unspecified atom stereocenters. The Morgan fingerprint density at radius 1 is 1.23 bits per heavy atom. The van der Waals surface area contributed by atoms with Gasteiger partial charge in [0.2, 0.25) is 0 Å². The van der Waals surface area contributed by atoms with Gasteiger partial charge < -0.3 is 20.9 Å². The van der Waals surface area contributed by atoms with E-state index in [4.69, 9.17) is 10.5 Å². The third kappa shape index (κ3) is 8.15. The Kier molecular flexibility index (Phi) is 10.7. The second-order valence-electron chi connectivity index (χ2n) is 11.9. The minimum Gasteiger partial charge on any atom is -0.383 e. The number of carbonyl (C=O) groups is 1. The molecule has 2 amide bonds. The number of benzene rings is 1. The highest BCUT2D eigenvalue weighted by molar-refractivity contribution is 8.24. The highest BCUT2D eigenvalue weighted by Crippen LogP contribution is 2.49. The summed E-state index contributed by atoms with van der Waals surface area (Å²) in [5, 5.41) is 15.7. The Labute approximate surface area is 258 Å². The number of urea groups is 1. The van der Waals surface area contributed by atoms with Crippen molar-refractivity contribution in [3.8, 4) is 0 Å². The zero-order chi connectivity index (χ0) is 32.3. The first kappa shape index (κ1) is 34.3. The summed E-state index contributed by atoms with van der Waals surface area (Å²) in [5.74, 6) is 0.418. The van der Waals surface area contributed by atoms with Gasteiger partial charge in [-0.1, -0.05) is 12.2 Å². The molecule has 44 heavy (non-hydrogen) atoms. The van der Waals surface area contributed by atoms with Crippen molar-refractivity contribution in [2.75, 3.05) is 38.3 Å². The monoisotopic (exact) mass is 643 g/mol. The fraction of sp³-hybridized carbons (Fsp3) is 0.600. The highest BCUT2D eigenvalue weighted by Gasteiger charge is 2.48. The molecule has 1 aromatic carbocycles. The molecule has 2 aliphatic heterocycles. The number of hydrogen-bond acceptors (Lipinski definition) is 8. The predicted octanol–water partition coefficient (Wildman–Crippen LogP) is 5.55. The second kappa shape index (κ2) is 13.8. The molecule has 0 saturated carbocycles. The number of aliphatic hydroxyl groups is 1. The van der Waals surface area contributed by atoms with Crippen molar-refractivity contribution >= 4 is 34.4 Å². The van der Waals surface area contributed by atoms with Crippen molar-refractivity contribution in [2.45, 2.75) is 70.3 Å². The number of methoxy groups -OCH3 is 1. The highest BCUT2D eigenvalue weighted by atomic mass is 32.3. The lowest BCUT2D eigenvalue weighted by atomic mass is 9.84. The van der Waals surface area contributed by atoms with Crippen LogP contribution in [0.2, 0.25) is 0 Å². The third-order valence-electron chi connectivity index (χ3n) is 8.83. The number of nitrogens with two attached hydrogens (primary N) is 1. The van der Waals surface area contributed by atoms with Crippen LogP contribution in [-0.2, 0) is 4.74 Å². The number of amidine groups is 1. The minimum atomic E-state index is -4.16. The molecule has 3 atom stereocenters. The van der Waals surface area contributed by atoms with Gasteiger partial charge in [-0.25, -0.2) is 14.1 Å². The van der Waals surface area contributed by atoms with E-state index in [1.807, 2.05) is 38.1 Å². The molecule has 14 heteroatoms. The Balaban J connectivity index is 1.36. The van der Waals surface area contributed by atoms with Crippen LogP contribution in [0.4, 0.5) is 23.7 Å². The number of nitrogens with one attached hydrogen (secondary N) is 1. The van der Waals surface area contributed by atoms with E-state index in [0.29, 0.717) is 63.4 Å². The molecule has 1 spiro atoms. The van der Waals surface area contributed by atoms with Gasteiger partial charge in [-0.3, -0.25) is 14.0 Å². The maximum Gasteiger partial charge on any atom is 0.389 e. The average molecular weight is 644 g/mol. The van der Waals surface area contributed by atoms with Crippen LogP contribution in [0.15, 0.2) is 34.7 Å². The summed E-state index contributed by atoms with van der Waals surface area (Å²) in [5.41, 5.74) is 7.92. The van der Waals surface area contributed by atoms with Gasteiger partial charge in [0.15, 0.2) is 6.23 Å². The number of amides is 2. The summed E-state index contributed by atoms with van der Waals surface area (Å²) in [6.07, 6.45) is 1.64. The molecule has 4 rings (SSSR count). The van der Waals surface area contributed by atoms with Crippen molar-refractivity contribution < 1.29 is 36.9 Å². The maximum atomic E-state index is 12.6. The van der Waals surface area contributed by atoms with Gasteiger partial charge in [-0.2, -0.15) is 13.2 Å². The number of ether oxygens (including phenoxy) is 1. The van der Waals surface area contributed by atoms with Crippen LogP contribution in [0.3, 0.4) is 0 Å². The molecular formula is C30H44F3N5O5S. The third-order valence-corrected chi connectivity index (χ3v) is 10.5. The normalized spacial score (nSPS) is 24.5. The number of nitrogens with zero attached hydrogens (tertiary/aromatic N) is 3. The fourth-order valence-corrected chi connectivity index (χ4v) is 7.40. The molecule has 10 nitrogen and oxygen atoms in total. The summed E-state index contributed by atoms with van der Waals surface area (Å²) >= 11 is 0. The molecule has 1 saturated heterocycles. The summed E-state index contributed by atoms with van der Waals surface area (Å²) in [4.78, 5) is 17.9. The Bertz CT molecular complexity index is 1260. The Morgan fingerprint density at radius 2 is 1.89 bits per heavy atom. The number of aryl methyl sites for hydroxylation is 2. The van der Waals surface area contributed by atoms with Gasteiger partial charge in [0.25, 0.3) is 0 Å². The van der Waals surface area contributed by atoms with Gasteiger partial charge >= 0.3 is 12.2 Å². The fourth-order valence-electron chi connectivity index (χ4n) is 6.19. The van der Waals surface area contributed by atoms with Crippen molar-refractivity contribution in [3.63, 3.8) is 0 Å². The van der Waals surface area contributed by atoms with Crippen molar-refractivity contribution in [1.29, 1.82) is 0 Å². The molecule has 2 heterocycles. The average Bonchev–Trinajstić information content (AvgIpc) is 3.26. The maximum absolute atomic E-state index is 12.6. The van der Waals surface area contributed by atoms with E-state index >= 15 is 0 Å². The molecular weight excluding hydrogens is 599 g/mol. The number of primary amides is 1. The van der Waals surface area contributed by atoms with Crippen LogP contribution in [0.5, 0.6) is 0 Å². The quantitative estimate of drug-likeness (QED) is 0.210. The van der Waals surface area contributed by atoms with Crippen LogP contribution in [0, 0.1) is 25.7 Å². The second-order valence-corrected chi connectivity index (χ2v) is 13.8. The lowest BCUT2D eigenvalue weighted by Gasteiger charge is -2.47. The zero-order valence-corrected chi connectivity index (χ0v) is 26.2. The molecule has 3 aliphatic rings. The first-order valence-corrected chi connectivity index (χ1v) is 16.4. The van der Waals surface area contributed by atoms with E-state index in [2.05, 4.69) is 10.3 Å². The molecule has 0 aromatic heterocycles. The molecule has 0 radical (unpaired) electrons. The summed E-state index contributed by atoms with van der Waals surface area (Å²) in [6.45, 7) is 4.99. The van der Waals surface area contributed by atoms with Gasteiger partial charge in [-0.05, 0) is 86.8 Å². The smallest absolute Gasteiger partial charge is 0.383 e. The minimum absolute atomic E-state index is 0.0725. The number of hydrogen-bond donors (Lipinski definition) is 5. The van der Waals surface area contributed by atoms with Crippen LogP contribution in [0.25, 0.3) is 6.08 Å². The Morgan fingerprint density at radius 3 is 2.43 bits per heavy atom. The molecule has 6 N–H and O–H groups in total. The van der Waals surface area contributed by atoms with E-state index in [9.17, 15) is 32.2 Å². The van der Waals surface area contributed by atoms with Gasteiger partial charge in [0.1, 0.15) is 5.84 Å². The molecule has 1 aromatic rings. The van der Waals surface area contributed by atoms with E-state index in [0.717, 1.165) is 16.7 Å². The van der Waals surface area contributed by atoms with Gasteiger partial charge in [-0.15, -0.1) is 10.8 Å². The summed E-state index contributed by atoms with van der Waals surface area (Å²) in [6, 6.07) is 3.04.